The van der Waals surface area contributed by atoms with E-state index in [1.54, 1.807) is 14.2 Å². The number of ether oxygens (including phenoxy) is 2. The lowest BCUT2D eigenvalue weighted by atomic mass is 9.81. The maximum Gasteiger partial charge on any atom is 0.126 e. The molecule has 94 valence electrons. The lowest BCUT2D eigenvalue weighted by molar-refractivity contribution is 0.132. The van der Waals surface area contributed by atoms with Crippen molar-refractivity contribution in [2.75, 3.05) is 20.8 Å². The topological polar surface area (TPSA) is 64.7 Å². The van der Waals surface area contributed by atoms with Gasteiger partial charge in [0.25, 0.3) is 0 Å². The summed E-state index contributed by atoms with van der Waals surface area (Å²) >= 11 is 0. The molecule has 0 aromatic heterocycles. The van der Waals surface area contributed by atoms with Crippen molar-refractivity contribution >= 4 is 0 Å². The lowest BCUT2D eigenvalue weighted by Crippen LogP contribution is -2.25. The summed E-state index contributed by atoms with van der Waals surface area (Å²) in [6.45, 7) is 0.589. The molecule has 0 aliphatic heterocycles. The van der Waals surface area contributed by atoms with E-state index in [9.17, 15) is 5.11 Å². The number of hydrogen-bond donors (Lipinski definition) is 2. The molecule has 0 bridgehead atoms. The van der Waals surface area contributed by atoms with Gasteiger partial charge in [0.1, 0.15) is 11.5 Å². The average Bonchev–Trinajstić information content (AvgIpc) is 2.37. The molecule has 0 saturated heterocycles. The molecule has 0 saturated carbocycles. The highest BCUT2D eigenvalue weighted by atomic mass is 16.5. The monoisotopic (exact) mass is 237 g/mol. The van der Waals surface area contributed by atoms with Crippen molar-refractivity contribution in [3.05, 3.63) is 23.3 Å². The SMILES string of the molecule is COc1cc(OC)c2c(c1)C(O)CC(CN)C2. The molecule has 1 aromatic carbocycles. The van der Waals surface area contributed by atoms with Crippen molar-refractivity contribution in [2.24, 2.45) is 11.7 Å². The van der Waals surface area contributed by atoms with Gasteiger partial charge in [-0.05, 0) is 36.9 Å². The predicted octanol–water partition coefficient (Wildman–Crippen LogP) is 1.26. The van der Waals surface area contributed by atoms with Crippen molar-refractivity contribution < 1.29 is 14.6 Å². The Kier molecular flexibility index (Phi) is 3.54. The van der Waals surface area contributed by atoms with Crippen LogP contribution in [0.15, 0.2) is 12.1 Å². The molecule has 0 radical (unpaired) electrons. The second-order valence-electron chi connectivity index (χ2n) is 4.45. The van der Waals surface area contributed by atoms with Crippen molar-refractivity contribution in [3.8, 4) is 11.5 Å². The summed E-state index contributed by atoms with van der Waals surface area (Å²) in [5.74, 6) is 1.81. The van der Waals surface area contributed by atoms with Gasteiger partial charge in [0.15, 0.2) is 0 Å². The zero-order valence-electron chi connectivity index (χ0n) is 10.3. The zero-order valence-corrected chi connectivity index (χ0v) is 10.3. The predicted molar refractivity (Wildman–Crippen MR) is 65.4 cm³/mol. The van der Waals surface area contributed by atoms with Gasteiger partial charge in [-0.2, -0.15) is 0 Å². The third-order valence-corrected chi connectivity index (χ3v) is 3.41. The Morgan fingerprint density at radius 1 is 1.35 bits per heavy atom. The summed E-state index contributed by atoms with van der Waals surface area (Å²) in [5.41, 5.74) is 7.66. The second kappa shape index (κ2) is 4.94. The quantitative estimate of drug-likeness (QED) is 0.830. The highest BCUT2D eigenvalue weighted by Crippen LogP contribution is 2.40. The Bertz CT molecular complexity index is 406. The fourth-order valence-electron chi connectivity index (χ4n) is 2.45. The Labute approximate surface area is 101 Å². The molecule has 0 amide bonds. The molecule has 1 aliphatic carbocycles. The number of fused-ring (bicyclic) bond motifs is 1. The highest BCUT2D eigenvalue weighted by Gasteiger charge is 2.28. The molecular formula is C13H19NO3. The second-order valence-corrected chi connectivity index (χ2v) is 4.45. The Morgan fingerprint density at radius 3 is 2.71 bits per heavy atom. The fraction of sp³-hybridized carbons (Fsp3) is 0.538. The first-order valence-electron chi connectivity index (χ1n) is 5.82. The molecule has 1 aliphatic rings. The van der Waals surface area contributed by atoms with E-state index in [-0.39, 0.29) is 0 Å². The zero-order chi connectivity index (χ0) is 12.4. The van der Waals surface area contributed by atoms with Crippen LogP contribution in [-0.2, 0) is 6.42 Å². The number of rotatable bonds is 3. The molecule has 0 spiro atoms. The van der Waals surface area contributed by atoms with Crippen LogP contribution < -0.4 is 15.2 Å². The molecule has 17 heavy (non-hydrogen) atoms. The Hall–Kier alpha value is -1.26. The number of nitrogens with two attached hydrogens (primary N) is 1. The van der Waals surface area contributed by atoms with Crippen LogP contribution in [-0.4, -0.2) is 25.9 Å². The van der Waals surface area contributed by atoms with Crippen LogP contribution in [0, 0.1) is 5.92 Å². The minimum Gasteiger partial charge on any atom is -0.497 e. The van der Waals surface area contributed by atoms with E-state index >= 15 is 0 Å². The van der Waals surface area contributed by atoms with Gasteiger partial charge < -0.3 is 20.3 Å². The standard InChI is InChI=1S/C13H19NO3/c1-16-9-5-10-11(13(6-9)17-2)3-8(7-14)4-12(10)15/h5-6,8,12,15H,3-4,7,14H2,1-2H3. The first-order valence-corrected chi connectivity index (χ1v) is 5.82. The van der Waals surface area contributed by atoms with Crippen molar-refractivity contribution in [3.63, 3.8) is 0 Å². The van der Waals surface area contributed by atoms with Crippen LogP contribution in [0.2, 0.25) is 0 Å². The first-order chi connectivity index (χ1) is 8.19. The van der Waals surface area contributed by atoms with Gasteiger partial charge in [0.2, 0.25) is 0 Å². The summed E-state index contributed by atoms with van der Waals surface area (Å²) < 4.78 is 10.6. The van der Waals surface area contributed by atoms with Crippen LogP contribution in [0.4, 0.5) is 0 Å². The summed E-state index contributed by atoms with van der Waals surface area (Å²) in [6, 6.07) is 3.74. The van der Waals surface area contributed by atoms with Gasteiger partial charge in [-0.3, -0.25) is 0 Å². The van der Waals surface area contributed by atoms with Crippen molar-refractivity contribution in [1.29, 1.82) is 0 Å². The highest BCUT2D eigenvalue weighted by molar-refractivity contribution is 5.49. The maximum absolute atomic E-state index is 10.1. The van der Waals surface area contributed by atoms with E-state index in [0.29, 0.717) is 24.6 Å². The molecule has 2 rings (SSSR count). The largest absolute Gasteiger partial charge is 0.497 e. The van der Waals surface area contributed by atoms with Crippen LogP contribution in [0.3, 0.4) is 0 Å². The van der Waals surface area contributed by atoms with E-state index in [0.717, 1.165) is 23.3 Å². The summed E-state index contributed by atoms with van der Waals surface area (Å²) in [4.78, 5) is 0. The summed E-state index contributed by atoms with van der Waals surface area (Å²) in [5, 5.41) is 10.1. The van der Waals surface area contributed by atoms with Crippen LogP contribution in [0.25, 0.3) is 0 Å². The number of benzene rings is 1. The fourth-order valence-corrected chi connectivity index (χ4v) is 2.45. The maximum atomic E-state index is 10.1. The third-order valence-electron chi connectivity index (χ3n) is 3.41. The van der Waals surface area contributed by atoms with Gasteiger partial charge in [-0.25, -0.2) is 0 Å². The normalized spacial score (nSPS) is 23.1. The van der Waals surface area contributed by atoms with Crippen molar-refractivity contribution in [1.82, 2.24) is 0 Å². The number of aliphatic hydroxyl groups excluding tert-OH is 1. The smallest absolute Gasteiger partial charge is 0.126 e. The molecular weight excluding hydrogens is 218 g/mol. The molecule has 3 N–H and O–H groups in total. The molecule has 2 unspecified atom stereocenters. The van der Waals surface area contributed by atoms with E-state index in [1.807, 2.05) is 12.1 Å². The first kappa shape index (κ1) is 12.2. The van der Waals surface area contributed by atoms with Gasteiger partial charge in [-0.1, -0.05) is 0 Å². The Morgan fingerprint density at radius 2 is 2.12 bits per heavy atom. The van der Waals surface area contributed by atoms with E-state index in [2.05, 4.69) is 0 Å². The minimum absolute atomic E-state index is 0.319. The average molecular weight is 237 g/mol. The number of hydrogen-bond acceptors (Lipinski definition) is 4. The van der Waals surface area contributed by atoms with Crippen LogP contribution in [0.1, 0.15) is 23.7 Å². The van der Waals surface area contributed by atoms with Gasteiger partial charge in [-0.15, -0.1) is 0 Å². The van der Waals surface area contributed by atoms with E-state index in [1.165, 1.54) is 0 Å². The number of aliphatic hydroxyl groups is 1. The molecule has 0 heterocycles. The molecule has 4 nitrogen and oxygen atoms in total. The van der Waals surface area contributed by atoms with Gasteiger partial charge in [0, 0.05) is 11.6 Å². The Balaban J connectivity index is 2.46. The molecule has 1 aromatic rings. The molecule has 0 fully saturated rings. The van der Waals surface area contributed by atoms with Crippen LogP contribution in [0.5, 0.6) is 11.5 Å². The minimum atomic E-state index is -0.476. The summed E-state index contributed by atoms with van der Waals surface area (Å²) in [7, 11) is 3.24. The third kappa shape index (κ3) is 2.23. The van der Waals surface area contributed by atoms with Gasteiger partial charge in [0.05, 0.1) is 20.3 Å². The molecule has 2 atom stereocenters. The van der Waals surface area contributed by atoms with E-state index < -0.39 is 6.10 Å². The van der Waals surface area contributed by atoms with Crippen LogP contribution >= 0.6 is 0 Å². The lowest BCUT2D eigenvalue weighted by Gasteiger charge is -2.29. The van der Waals surface area contributed by atoms with Gasteiger partial charge >= 0.3 is 0 Å². The van der Waals surface area contributed by atoms with E-state index in [4.69, 9.17) is 15.2 Å². The number of methoxy groups -OCH3 is 2. The molecule has 4 heteroatoms. The summed E-state index contributed by atoms with van der Waals surface area (Å²) in [6.07, 6.45) is 1.09. The van der Waals surface area contributed by atoms with Crippen molar-refractivity contribution in [2.45, 2.75) is 18.9 Å².